The standard InChI is InChI=1S/C11H18BrN3OS.HI/c1-8(7-16-3)15-11(13-2)14-6-9-4-5-10(12)17-9;/h4-5,8H,6-7H2,1-3H3,(H2,13,14,15);1H. The molecule has 0 saturated heterocycles. The second-order valence-electron chi connectivity index (χ2n) is 3.63. The molecule has 1 atom stereocenters. The zero-order valence-corrected chi connectivity index (χ0v) is 15.4. The summed E-state index contributed by atoms with van der Waals surface area (Å²) in [5.41, 5.74) is 0. The monoisotopic (exact) mass is 447 g/mol. The smallest absolute Gasteiger partial charge is 0.191 e. The molecule has 0 radical (unpaired) electrons. The second kappa shape index (κ2) is 9.99. The van der Waals surface area contributed by atoms with Gasteiger partial charge in [0, 0.05) is 25.1 Å². The number of rotatable bonds is 5. The van der Waals surface area contributed by atoms with E-state index in [1.165, 1.54) is 4.88 Å². The van der Waals surface area contributed by atoms with Crippen molar-refractivity contribution in [2.75, 3.05) is 20.8 Å². The zero-order chi connectivity index (χ0) is 12.7. The minimum Gasteiger partial charge on any atom is -0.383 e. The van der Waals surface area contributed by atoms with Crippen LogP contribution >= 0.6 is 51.2 Å². The Balaban J connectivity index is 0.00000289. The normalized spacial score (nSPS) is 12.8. The lowest BCUT2D eigenvalue weighted by atomic mass is 10.4. The largest absolute Gasteiger partial charge is 0.383 e. The van der Waals surface area contributed by atoms with Crippen molar-refractivity contribution in [3.05, 3.63) is 20.8 Å². The van der Waals surface area contributed by atoms with Crippen molar-refractivity contribution in [3.63, 3.8) is 0 Å². The second-order valence-corrected chi connectivity index (χ2v) is 6.18. The number of halogens is 2. The molecule has 1 aromatic rings. The van der Waals surface area contributed by atoms with E-state index in [1.54, 1.807) is 25.5 Å². The third kappa shape index (κ3) is 6.91. The average Bonchev–Trinajstić information content (AvgIpc) is 2.70. The van der Waals surface area contributed by atoms with Crippen LogP contribution in [0.2, 0.25) is 0 Å². The summed E-state index contributed by atoms with van der Waals surface area (Å²) < 4.78 is 6.21. The van der Waals surface area contributed by atoms with Gasteiger partial charge in [0.1, 0.15) is 0 Å². The molecule has 0 bridgehead atoms. The molecule has 104 valence electrons. The fraction of sp³-hybridized carbons (Fsp3) is 0.545. The first-order valence-electron chi connectivity index (χ1n) is 5.36. The number of methoxy groups -OCH3 is 1. The predicted octanol–water partition coefficient (Wildman–Crippen LogP) is 2.83. The molecule has 18 heavy (non-hydrogen) atoms. The number of hydrogen-bond acceptors (Lipinski definition) is 3. The summed E-state index contributed by atoms with van der Waals surface area (Å²) in [5.74, 6) is 0.791. The summed E-state index contributed by atoms with van der Waals surface area (Å²) in [6.45, 7) is 3.49. The Morgan fingerprint density at radius 1 is 1.56 bits per heavy atom. The summed E-state index contributed by atoms with van der Waals surface area (Å²) >= 11 is 5.16. The van der Waals surface area contributed by atoms with Gasteiger partial charge in [-0.1, -0.05) is 0 Å². The maximum atomic E-state index is 5.07. The lowest BCUT2D eigenvalue weighted by Gasteiger charge is -2.16. The van der Waals surface area contributed by atoms with Crippen LogP contribution < -0.4 is 10.6 Å². The van der Waals surface area contributed by atoms with E-state index in [1.807, 2.05) is 6.07 Å². The van der Waals surface area contributed by atoms with Crippen LogP contribution in [0.25, 0.3) is 0 Å². The highest BCUT2D eigenvalue weighted by molar-refractivity contribution is 14.0. The summed E-state index contributed by atoms with van der Waals surface area (Å²) in [7, 11) is 3.46. The quantitative estimate of drug-likeness (QED) is 0.414. The fourth-order valence-electron chi connectivity index (χ4n) is 1.34. The van der Waals surface area contributed by atoms with Crippen molar-refractivity contribution in [1.29, 1.82) is 0 Å². The van der Waals surface area contributed by atoms with Gasteiger partial charge in [0.15, 0.2) is 5.96 Å². The van der Waals surface area contributed by atoms with Crippen molar-refractivity contribution >= 4 is 57.2 Å². The van der Waals surface area contributed by atoms with E-state index in [0.29, 0.717) is 6.61 Å². The van der Waals surface area contributed by atoms with Crippen LogP contribution in [0.4, 0.5) is 0 Å². The van der Waals surface area contributed by atoms with Crippen LogP contribution in [0.3, 0.4) is 0 Å². The maximum absolute atomic E-state index is 5.07. The molecule has 0 aliphatic rings. The minimum atomic E-state index is 0. The van der Waals surface area contributed by atoms with Gasteiger partial charge in [0.2, 0.25) is 0 Å². The molecule has 4 nitrogen and oxygen atoms in total. The molecular weight excluding hydrogens is 429 g/mol. The van der Waals surface area contributed by atoms with Crippen LogP contribution in [0.1, 0.15) is 11.8 Å². The Bertz CT molecular complexity index is 373. The molecule has 0 aliphatic carbocycles. The van der Waals surface area contributed by atoms with Gasteiger partial charge in [-0.3, -0.25) is 4.99 Å². The van der Waals surface area contributed by atoms with Crippen LogP contribution in [0, 0.1) is 0 Å². The van der Waals surface area contributed by atoms with Gasteiger partial charge >= 0.3 is 0 Å². The van der Waals surface area contributed by atoms with Gasteiger partial charge in [-0.15, -0.1) is 35.3 Å². The highest BCUT2D eigenvalue weighted by Crippen LogP contribution is 2.21. The van der Waals surface area contributed by atoms with Crippen molar-refractivity contribution in [3.8, 4) is 0 Å². The SMILES string of the molecule is CN=C(NCc1ccc(Br)s1)NC(C)COC.I. The van der Waals surface area contributed by atoms with Crippen molar-refractivity contribution in [2.45, 2.75) is 19.5 Å². The Labute approximate surface area is 138 Å². The van der Waals surface area contributed by atoms with Crippen LogP contribution in [0.15, 0.2) is 20.9 Å². The molecule has 1 unspecified atom stereocenters. The van der Waals surface area contributed by atoms with Gasteiger partial charge < -0.3 is 15.4 Å². The van der Waals surface area contributed by atoms with Crippen molar-refractivity contribution < 1.29 is 4.74 Å². The third-order valence-electron chi connectivity index (χ3n) is 2.08. The highest BCUT2D eigenvalue weighted by Gasteiger charge is 2.05. The van der Waals surface area contributed by atoms with Gasteiger partial charge in [-0.05, 0) is 35.0 Å². The van der Waals surface area contributed by atoms with Gasteiger partial charge in [0.25, 0.3) is 0 Å². The number of aliphatic imine (C=N–C) groups is 1. The first kappa shape index (κ1) is 18.1. The van der Waals surface area contributed by atoms with E-state index in [-0.39, 0.29) is 30.0 Å². The molecule has 1 heterocycles. The van der Waals surface area contributed by atoms with Crippen LogP contribution in [-0.4, -0.2) is 32.8 Å². The number of nitrogens with one attached hydrogen (secondary N) is 2. The summed E-state index contributed by atoms with van der Waals surface area (Å²) in [4.78, 5) is 5.43. The van der Waals surface area contributed by atoms with E-state index >= 15 is 0 Å². The first-order chi connectivity index (χ1) is 8.15. The molecule has 0 fully saturated rings. The van der Waals surface area contributed by atoms with Crippen LogP contribution in [-0.2, 0) is 11.3 Å². The molecule has 2 N–H and O–H groups in total. The number of hydrogen-bond donors (Lipinski definition) is 2. The molecule has 0 aromatic carbocycles. The fourth-order valence-corrected chi connectivity index (χ4v) is 2.76. The van der Waals surface area contributed by atoms with Crippen molar-refractivity contribution in [2.24, 2.45) is 4.99 Å². The van der Waals surface area contributed by atoms with E-state index in [9.17, 15) is 0 Å². The minimum absolute atomic E-state index is 0. The molecule has 7 heteroatoms. The van der Waals surface area contributed by atoms with Gasteiger partial charge in [0.05, 0.1) is 16.9 Å². The lowest BCUT2D eigenvalue weighted by Crippen LogP contribution is -2.43. The molecule has 0 aliphatic heterocycles. The van der Waals surface area contributed by atoms with E-state index in [4.69, 9.17) is 4.74 Å². The molecule has 0 saturated carbocycles. The van der Waals surface area contributed by atoms with Crippen molar-refractivity contribution in [1.82, 2.24) is 10.6 Å². The van der Waals surface area contributed by atoms with E-state index < -0.39 is 0 Å². The first-order valence-corrected chi connectivity index (χ1v) is 6.97. The topological polar surface area (TPSA) is 45.7 Å². The predicted molar refractivity (Wildman–Crippen MR) is 92.1 cm³/mol. The van der Waals surface area contributed by atoms with Crippen LogP contribution in [0.5, 0.6) is 0 Å². The molecule has 0 amide bonds. The Morgan fingerprint density at radius 2 is 2.28 bits per heavy atom. The Kier molecular flexibility index (Phi) is 10.1. The number of nitrogens with zero attached hydrogens (tertiary/aromatic N) is 1. The zero-order valence-electron chi connectivity index (χ0n) is 10.7. The summed E-state index contributed by atoms with van der Waals surface area (Å²) in [6.07, 6.45) is 0. The molecule has 0 spiro atoms. The average molecular weight is 448 g/mol. The molecule has 1 aromatic heterocycles. The Morgan fingerprint density at radius 3 is 2.78 bits per heavy atom. The summed E-state index contributed by atoms with van der Waals surface area (Å²) in [5, 5.41) is 6.51. The highest BCUT2D eigenvalue weighted by atomic mass is 127. The lowest BCUT2D eigenvalue weighted by molar-refractivity contribution is 0.179. The van der Waals surface area contributed by atoms with Gasteiger partial charge in [-0.2, -0.15) is 0 Å². The Hall–Kier alpha value is 0.140. The number of guanidine groups is 1. The molecular formula is C11H19BrIN3OS. The molecule has 1 rings (SSSR count). The maximum Gasteiger partial charge on any atom is 0.191 e. The van der Waals surface area contributed by atoms with E-state index in [2.05, 4.69) is 44.5 Å². The third-order valence-corrected chi connectivity index (χ3v) is 3.71. The van der Waals surface area contributed by atoms with E-state index in [0.717, 1.165) is 16.3 Å². The number of ether oxygens (including phenoxy) is 1. The number of thiophene rings is 1. The van der Waals surface area contributed by atoms with Gasteiger partial charge in [-0.25, -0.2) is 0 Å². The summed E-state index contributed by atoms with van der Waals surface area (Å²) in [6, 6.07) is 4.38.